The van der Waals surface area contributed by atoms with Crippen LogP contribution in [0, 0.1) is 18.8 Å². The Balaban J connectivity index is 2.29. The number of anilines is 1. The summed E-state index contributed by atoms with van der Waals surface area (Å²) < 4.78 is 30.7. The lowest BCUT2D eigenvalue weighted by atomic mass is 10.2. The summed E-state index contributed by atoms with van der Waals surface area (Å²) in [6.45, 7) is 1.91. The van der Waals surface area contributed by atoms with Gasteiger partial charge in [0, 0.05) is 17.1 Å². The van der Waals surface area contributed by atoms with Crippen molar-refractivity contribution in [3.05, 3.63) is 35.7 Å². The molecule has 0 bridgehead atoms. The SMILES string of the molecule is Cc1nsc(NS(=O)(=O)c2cccc(C#CCN)c2)n1. The fourth-order valence-electron chi connectivity index (χ4n) is 1.41. The molecule has 0 saturated carbocycles. The van der Waals surface area contributed by atoms with Gasteiger partial charge < -0.3 is 5.73 Å². The van der Waals surface area contributed by atoms with Gasteiger partial charge in [-0.05, 0) is 25.1 Å². The van der Waals surface area contributed by atoms with Gasteiger partial charge in [0.05, 0.1) is 11.4 Å². The maximum absolute atomic E-state index is 12.2. The summed E-state index contributed by atoms with van der Waals surface area (Å²) in [5, 5.41) is 0.237. The molecule has 0 radical (unpaired) electrons. The molecule has 2 aromatic rings. The van der Waals surface area contributed by atoms with Crippen molar-refractivity contribution in [3.63, 3.8) is 0 Å². The van der Waals surface area contributed by atoms with Crippen LogP contribution in [0.25, 0.3) is 0 Å². The van der Waals surface area contributed by atoms with Crippen LogP contribution in [-0.4, -0.2) is 24.3 Å². The van der Waals surface area contributed by atoms with E-state index in [1.807, 2.05) is 0 Å². The molecule has 0 amide bonds. The number of rotatable bonds is 3. The first-order chi connectivity index (χ1) is 9.51. The molecular weight excluding hydrogens is 296 g/mol. The molecule has 8 heteroatoms. The smallest absolute Gasteiger partial charge is 0.263 e. The number of aryl methyl sites for hydroxylation is 1. The van der Waals surface area contributed by atoms with Gasteiger partial charge in [-0.2, -0.15) is 4.37 Å². The maximum Gasteiger partial charge on any atom is 0.263 e. The molecular formula is C12H12N4O2S2. The lowest BCUT2D eigenvalue weighted by molar-refractivity contribution is 0.601. The highest BCUT2D eigenvalue weighted by atomic mass is 32.2. The van der Waals surface area contributed by atoms with Gasteiger partial charge in [0.1, 0.15) is 5.82 Å². The predicted molar refractivity (Wildman–Crippen MR) is 77.8 cm³/mol. The lowest BCUT2D eigenvalue weighted by Crippen LogP contribution is -2.12. The number of sulfonamides is 1. The Labute approximate surface area is 121 Å². The van der Waals surface area contributed by atoms with Crippen LogP contribution in [-0.2, 0) is 10.0 Å². The largest absolute Gasteiger partial charge is 0.320 e. The van der Waals surface area contributed by atoms with Crippen LogP contribution in [0.2, 0.25) is 0 Å². The molecule has 1 heterocycles. The highest BCUT2D eigenvalue weighted by Gasteiger charge is 2.16. The zero-order chi connectivity index (χ0) is 14.6. The number of hydrogen-bond donors (Lipinski definition) is 2. The van der Waals surface area contributed by atoms with Gasteiger partial charge in [-0.3, -0.25) is 4.72 Å². The molecule has 3 N–H and O–H groups in total. The number of nitrogens with zero attached hydrogens (tertiary/aromatic N) is 2. The van der Waals surface area contributed by atoms with Crippen LogP contribution in [0.3, 0.4) is 0 Å². The van der Waals surface area contributed by atoms with E-state index in [0.29, 0.717) is 11.4 Å². The van der Waals surface area contributed by atoms with E-state index >= 15 is 0 Å². The summed E-state index contributed by atoms with van der Waals surface area (Å²) in [6, 6.07) is 6.32. The van der Waals surface area contributed by atoms with E-state index in [0.717, 1.165) is 11.5 Å². The van der Waals surface area contributed by atoms with Crippen LogP contribution in [0.15, 0.2) is 29.2 Å². The molecule has 0 aliphatic carbocycles. The summed E-state index contributed by atoms with van der Waals surface area (Å²) in [5.41, 5.74) is 5.88. The fraction of sp³-hybridized carbons (Fsp3) is 0.167. The van der Waals surface area contributed by atoms with E-state index in [1.54, 1.807) is 19.1 Å². The topological polar surface area (TPSA) is 98.0 Å². The minimum Gasteiger partial charge on any atom is -0.320 e. The van der Waals surface area contributed by atoms with E-state index in [1.165, 1.54) is 12.1 Å². The Kier molecular flexibility index (Phi) is 4.34. The third kappa shape index (κ3) is 3.54. The third-order valence-corrected chi connectivity index (χ3v) is 4.42. The second-order valence-corrected chi connectivity index (χ2v) is 6.22. The molecule has 0 saturated heterocycles. The first-order valence-corrected chi connectivity index (χ1v) is 7.89. The summed E-state index contributed by atoms with van der Waals surface area (Å²) >= 11 is 0.993. The van der Waals surface area contributed by atoms with Gasteiger partial charge in [-0.15, -0.1) is 0 Å². The third-order valence-electron chi connectivity index (χ3n) is 2.23. The summed E-state index contributed by atoms with van der Waals surface area (Å²) in [7, 11) is -3.69. The van der Waals surface area contributed by atoms with Gasteiger partial charge in [0.25, 0.3) is 10.0 Å². The van der Waals surface area contributed by atoms with Crippen molar-refractivity contribution in [1.82, 2.24) is 9.36 Å². The molecule has 6 nitrogen and oxygen atoms in total. The van der Waals surface area contributed by atoms with E-state index in [4.69, 9.17) is 5.73 Å². The molecule has 0 aliphatic heterocycles. The van der Waals surface area contributed by atoms with Gasteiger partial charge >= 0.3 is 0 Å². The minimum atomic E-state index is -3.69. The molecule has 2 rings (SSSR count). The van der Waals surface area contributed by atoms with Crippen LogP contribution >= 0.6 is 11.5 Å². The van der Waals surface area contributed by atoms with E-state index in [-0.39, 0.29) is 16.6 Å². The van der Waals surface area contributed by atoms with Crippen LogP contribution in [0.1, 0.15) is 11.4 Å². The molecule has 1 aromatic carbocycles. The van der Waals surface area contributed by atoms with E-state index < -0.39 is 10.0 Å². The molecule has 104 valence electrons. The normalized spacial score (nSPS) is 10.7. The Bertz CT molecular complexity index is 772. The monoisotopic (exact) mass is 308 g/mol. The Morgan fingerprint density at radius 1 is 1.45 bits per heavy atom. The number of nitrogens with one attached hydrogen (secondary N) is 1. The summed E-state index contributed by atoms with van der Waals surface area (Å²) in [6.07, 6.45) is 0. The lowest BCUT2D eigenvalue weighted by Gasteiger charge is -2.04. The molecule has 0 spiro atoms. The molecule has 0 aliphatic rings. The van der Waals surface area contributed by atoms with Gasteiger partial charge in [0.2, 0.25) is 5.13 Å². The molecule has 0 fully saturated rings. The minimum absolute atomic E-state index is 0.120. The van der Waals surface area contributed by atoms with Crippen molar-refractivity contribution >= 4 is 26.7 Å². The van der Waals surface area contributed by atoms with Gasteiger partial charge in [-0.1, -0.05) is 17.9 Å². The maximum atomic E-state index is 12.2. The van der Waals surface area contributed by atoms with Crippen LogP contribution in [0.5, 0.6) is 0 Å². The van der Waals surface area contributed by atoms with E-state index in [2.05, 4.69) is 25.9 Å². The highest BCUT2D eigenvalue weighted by molar-refractivity contribution is 7.93. The number of nitrogens with two attached hydrogens (primary N) is 1. The Hall–Kier alpha value is -1.95. The van der Waals surface area contributed by atoms with Crippen LogP contribution < -0.4 is 10.5 Å². The Morgan fingerprint density at radius 2 is 2.25 bits per heavy atom. The summed E-state index contributed by atoms with van der Waals surface area (Å²) in [4.78, 5) is 4.09. The van der Waals surface area contributed by atoms with Crippen LogP contribution in [0.4, 0.5) is 5.13 Å². The highest BCUT2D eigenvalue weighted by Crippen LogP contribution is 2.18. The second kappa shape index (κ2) is 6.00. The first kappa shape index (κ1) is 14.5. The number of aromatic nitrogens is 2. The van der Waals surface area contributed by atoms with Crippen molar-refractivity contribution in [1.29, 1.82) is 0 Å². The average Bonchev–Trinajstić information content (AvgIpc) is 2.81. The van der Waals surface area contributed by atoms with Crippen molar-refractivity contribution in [2.24, 2.45) is 5.73 Å². The summed E-state index contributed by atoms with van der Waals surface area (Å²) in [5.74, 6) is 5.99. The predicted octanol–water partition coefficient (Wildman–Crippen LogP) is 0.958. The average molecular weight is 308 g/mol. The second-order valence-electron chi connectivity index (χ2n) is 3.79. The molecule has 0 unspecified atom stereocenters. The van der Waals surface area contributed by atoms with Crippen molar-refractivity contribution in [2.75, 3.05) is 11.3 Å². The van der Waals surface area contributed by atoms with Crippen molar-refractivity contribution in [2.45, 2.75) is 11.8 Å². The molecule has 1 aromatic heterocycles. The molecule has 0 atom stereocenters. The zero-order valence-corrected chi connectivity index (χ0v) is 12.3. The van der Waals surface area contributed by atoms with Gasteiger partial charge in [0.15, 0.2) is 0 Å². The van der Waals surface area contributed by atoms with Crippen molar-refractivity contribution in [3.8, 4) is 11.8 Å². The Morgan fingerprint density at radius 3 is 2.90 bits per heavy atom. The quantitative estimate of drug-likeness (QED) is 0.823. The first-order valence-electron chi connectivity index (χ1n) is 5.63. The molecule has 20 heavy (non-hydrogen) atoms. The van der Waals surface area contributed by atoms with Gasteiger partial charge in [-0.25, -0.2) is 13.4 Å². The zero-order valence-electron chi connectivity index (χ0n) is 10.6. The number of hydrogen-bond acceptors (Lipinski definition) is 6. The van der Waals surface area contributed by atoms with Crippen molar-refractivity contribution < 1.29 is 8.42 Å². The standard InChI is InChI=1S/C12H12N4O2S2/c1-9-14-12(19-15-9)16-20(17,18)11-6-2-4-10(8-11)5-3-7-13/h2,4,6,8H,7,13H2,1H3,(H,14,15,16). The fourth-order valence-corrected chi connectivity index (χ4v) is 3.25. The number of benzene rings is 1. The van der Waals surface area contributed by atoms with E-state index in [9.17, 15) is 8.42 Å².